The number of piperidine rings is 1. The molecule has 0 aromatic heterocycles. The number of ether oxygens (including phenoxy) is 2. The summed E-state index contributed by atoms with van der Waals surface area (Å²) in [4.78, 5) is 14.1. The van der Waals surface area contributed by atoms with Crippen molar-refractivity contribution in [2.75, 3.05) is 25.2 Å². The fourth-order valence-electron chi connectivity index (χ4n) is 5.68. The highest BCUT2D eigenvalue weighted by atomic mass is 16.7. The van der Waals surface area contributed by atoms with E-state index >= 15 is 0 Å². The average Bonchev–Trinajstić information content (AvgIpc) is 3.23. The van der Waals surface area contributed by atoms with Crippen LogP contribution < -0.4 is 19.7 Å². The van der Waals surface area contributed by atoms with Crippen molar-refractivity contribution in [2.24, 2.45) is 5.92 Å². The van der Waals surface area contributed by atoms with Gasteiger partial charge in [0, 0.05) is 23.6 Å². The van der Waals surface area contributed by atoms with E-state index in [9.17, 15) is 9.90 Å². The highest BCUT2D eigenvalue weighted by Gasteiger charge is 2.52. The monoisotopic (exact) mass is 423 g/mol. The van der Waals surface area contributed by atoms with E-state index in [1.165, 1.54) is 10.5 Å². The van der Waals surface area contributed by atoms with E-state index in [2.05, 4.69) is 11.4 Å². The van der Waals surface area contributed by atoms with Crippen LogP contribution in [0, 0.1) is 12.8 Å². The van der Waals surface area contributed by atoms with Crippen molar-refractivity contribution < 1.29 is 24.3 Å². The van der Waals surface area contributed by atoms with Crippen molar-refractivity contribution >= 4 is 11.6 Å². The molecule has 5 rings (SSSR count). The van der Waals surface area contributed by atoms with Crippen LogP contribution in [0.1, 0.15) is 49.3 Å². The molecule has 6 nitrogen and oxygen atoms in total. The maximum atomic E-state index is 12.9. The van der Waals surface area contributed by atoms with Gasteiger partial charge in [0.05, 0.1) is 12.1 Å². The Labute approximate surface area is 183 Å². The predicted molar refractivity (Wildman–Crippen MR) is 117 cm³/mol. The number of carbonyl (C=O) groups excluding carboxylic acids is 1. The second kappa shape index (κ2) is 8.17. The highest BCUT2D eigenvalue weighted by molar-refractivity contribution is 5.91. The second-order valence-corrected chi connectivity index (χ2v) is 9.30. The minimum absolute atomic E-state index is 0.00541. The number of quaternary nitrogens is 1. The van der Waals surface area contributed by atoms with Crippen LogP contribution in [0.5, 0.6) is 11.5 Å². The lowest BCUT2D eigenvalue weighted by Crippen LogP contribution is -3.16. The molecule has 2 heterocycles. The van der Waals surface area contributed by atoms with Crippen molar-refractivity contribution in [3.8, 4) is 11.5 Å². The second-order valence-electron chi connectivity index (χ2n) is 9.30. The molecule has 4 atom stereocenters. The molecule has 3 aliphatic rings. The van der Waals surface area contributed by atoms with E-state index in [1.54, 1.807) is 0 Å². The number of carbonyl (C=O) groups is 1. The first-order valence-electron chi connectivity index (χ1n) is 11.3. The van der Waals surface area contributed by atoms with E-state index in [-0.39, 0.29) is 24.7 Å². The minimum atomic E-state index is -0.643. The zero-order chi connectivity index (χ0) is 21.4. The van der Waals surface area contributed by atoms with Crippen LogP contribution in [0.3, 0.4) is 0 Å². The standard InChI is InChI=1S/C25H30N2O4/c1-17-5-8-19(9-6-17)26-23(28)15-27-13-12-25(29)11-3-2-4-20(25)24(27)18-7-10-21-22(14-18)31-16-30-21/h5-10,14,20,24,29H,2-4,11-13,15-16H2,1H3,(H,26,28)/p+1/t20-,24-,25-/m1/s1. The summed E-state index contributed by atoms with van der Waals surface area (Å²) in [5.41, 5.74) is 2.46. The first kappa shape index (κ1) is 20.3. The number of benzene rings is 2. The molecule has 2 aromatic rings. The number of rotatable bonds is 4. The van der Waals surface area contributed by atoms with Crippen LogP contribution in [0.15, 0.2) is 42.5 Å². The number of anilines is 1. The SMILES string of the molecule is Cc1ccc(NC(=O)C[NH+]2CC[C@]3(O)CCCC[C@@H]3[C@H]2c2ccc3c(c2)OCO3)cc1. The first-order chi connectivity index (χ1) is 15.0. The lowest BCUT2D eigenvalue weighted by Gasteiger charge is -2.50. The maximum absolute atomic E-state index is 12.9. The number of hydrogen-bond donors (Lipinski definition) is 3. The normalized spacial score (nSPS) is 29.3. The molecule has 6 heteroatoms. The van der Waals surface area contributed by atoms with Gasteiger partial charge >= 0.3 is 0 Å². The fourth-order valence-corrected chi connectivity index (χ4v) is 5.68. The molecular weight excluding hydrogens is 392 g/mol. The lowest BCUT2D eigenvalue weighted by atomic mass is 9.66. The Morgan fingerprint density at radius 2 is 1.94 bits per heavy atom. The van der Waals surface area contributed by atoms with E-state index in [0.29, 0.717) is 6.54 Å². The number of amides is 1. The number of nitrogens with one attached hydrogen (secondary N) is 2. The van der Waals surface area contributed by atoms with Crippen molar-refractivity contribution in [1.82, 2.24) is 0 Å². The third-order valence-electron chi connectivity index (χ3n) is 7.26. The van der Waals surface area contributed by atoms with Gasteiger partial charge in [-0.2, -0.15) is 0 Å². The van der Waals surface area contributed by atoms with Gasteiger partial charge < -0.3 is 24.8 Å². The van der Waals surface area contributed by atoms with Crippen molar-refractivity contribution in [2.45, 2.75) is 50.7 Å². The molecule has 0 bridgehead atoms. The van der Waals surface area contributed by atoms with Crippen LogP contribution in [-0.2, 0) is 4.79 Å². The minimum Gasteiger partial charge on any atom is -0.454 e. The van der Waals surface area contributed by atoms with Crippen molar-refractivity contribution in [3.63, 3.8) is 0 Å². The number of hydrogen-bond acceptors (Lipinski definition) is 4. The van der Waals surface area contributed by atoms with Crippen molar-refractivity contribution in [1.29, 1.82) is 0 Å². The first-order valence-corrected chi connectivity index (χ1v) is 11.3. The quantitative estimate of drug-likeness (QED) is 0.707. The maximum Gasteiger partial charge on any atom is 0.279 e. The van der Waals surface area contributed by atoms with Crippen LogP contribution >= 0.6 is 0 Å². The van der Waals surface area contributed by atoms with Crippen LogP contribution in [0.25, 0.3) is 0 Å². The van der Waals surface area contributed by atoms with Gasteiger partial charge in [0.25, 0.3) is 5.91 Å². The number of likely N-dealkylation sites (tertiary alicyclic amines) is 1. The molecule has 0 radical (unpaired) electrons. The summed E-state index contributed by atoms with van der Waals surface area (Å²) < 4.78 is 11.1. The topological polar surface area (TPSA) is 72.2 Å². The third kappa shape index (κ3) is 4.02. The summed E-state index contributed by atoms with van der Waals surface area (Å²) in [7, 11) is 0. The van der Waals surface area contributed by atoms with Crippen molar-refractivity contribution in [3.05, 3.63) is 53.6 Å². The van der Waals surface area contributed by atoms with Gasteiger partial charge in [0.1, 0.15) is 6.04 Å². The fraction of sp³-hybridized carbons (Fsp3) is 0.480. The van der Waals surface area contributed by atoms with Gasteiger partial charge in [-0.25, -0.2) is 0 Å². The molecule has 1 amide bonds. The number of fused-ring (bicyclic) bond motifs is 2. The molecule has 0 spiro atoms. The number of aryl methyl sites for hydroxylation is 1. The molecule has 1 saturated carbocycles. The van der Waals surface area contributed by atoms with Gasteiger partial charge in [0.2, 0.25) is 6.79 Å². The molecule has 2 aliphatic heterocycles. The van der Waals surface area contributed by atoms with Crippen LogP contribution in [-0.4, -0.2) is 36.5 Å². The van der Waals surface area contributed by atoms with Crippen LogP contribution in [0.2, 0.25) is 0 Å². The molecule has 2 aromatic carbocycles. The van der Waals surface area contributed by atoms with E-state index in [0.717, 1.165) is 61.4 Å². The van der Waals surface area contributed by atoms with Gasteiger partial charge in [-0.3, -0.25) is 4.79 Å². The van der Waals surface area contributed by atoms with Gasteiger partial charge in [0.15, 0.2) is 18.0 Å². The molecular formula is C25H31N2O4+. The molecule has 2 fully saturated rings. The highest BCUT2D eigenvalue weighted by Crippen LogP contribution is 2.45. The summed E-state index contributed by atoms with van der Waals surface area (Å²) in [6.07, 6.45) is 4.77. The van der Waals surface area contributed by atoms with Gasteiger partial charge in [-0.1, -0.05) is 30.5 Å². The summed E-state index contributed by atoms with van der Waals surface area (Å²) in [5.74, 6) is 1.66. The average molecular weight is 424 g/mol. The smallest absolute Gasteiger partial charge is 0.279 e. The molecule has 1 unspecified atom stereocenters. The van der Waals surface area contributed by atoms with Crippen LogP contribution in [0.4, 0.5) is 5.69 Å². The largest absolute Gasteiger partial charge is 0.454 e. The van der Waals surface area contributed by atoms with E-state index in [1.807, 2.05) is 43.3 Å². The number of aliphatic hydroxyl groups is 1. The zero-order valence-electron chi connectivity index (χ0n) is 18.0. The Bertz CT molecular complexity index is 960. The Morgan fingerprint density at radius 3 is 2.77 bits per heavy atom. The zero-order valence-corrected chi connectivity index (χ0v) is 18.0. The molecule has 3 N–H and O–H groups in total. The Balaban J connectivity index is 1.40. The third-order valence-corrected chi connectivity index (χ3v) is 7.26. The Kier molecular flexibility index (Phi) is 5.36. The Hall–Kier alpha value is -2.57. The van der Waals surface area contributed by atoms with Gasteiger partial charge in [-0.15, -0.1) is 0 Å². The van der Waals surface area contributed by atoms with E-state index < -0.39 is 5.60 Å². The summed E-state index contributed by atoms with van der Waals surface area (Å²) in [5, 5.41) is 14.5. The summed E-state index contributed by atoms with van der Waals surface area (Å²) in [6, 6.07) is 14.0. The van der Waals surface area contributed by atoms with Gasteiger partial charge in [-0.05, 0) is 50.1 Å². The lowest BCUT2D eigenvalue weighted by molar-refractivity contribution is -0.937. The van der Waals surface area contributed by atoms with E-state index in [4.69, 9.17) is 9.47 Å². The molecule has 1 saturated heterocycles. The summed E-state index contributed by atoms with van der Waals surface area (Å²) >= 11 is 0. The summed E-state index contributed by atoms with van der Waals surface area (Å²) in [6.45, 7) is 3.42. The molecule has 31 heavy (non-hydrogen) atoms. The predicted octanol–water partition coefficient (Wildman–Crippen LogP) is 2.61. The Morgan fingerprint density at radius 1 is 1.13 bits per heavy atom. The molecule has 164 valence electrons. The molecule has 1 aliphatic carbocycles.